The SMILES string of the molecule is CCOC(=O)CC1CO1.CCOC(=O)C[C@@H]1CO1.CCOC(=O)C[C@H](O)CO.O. The summed E-state index contributed by atoms with van der Waals surface area (Å²) in [6.07, 6.45) is 0.0404. The number of aliphatic hydroxyl groups excluding tert-OH is 2. The molecule has 0 radical (unpaired) electrons. The molecule has 2 heterocycles. The van der Waals surface area contributed by atoms with Gasteiger partial charge in [0.05, 0.1) is 77.2 Å². The Morgan fingerprint density at radius 2 is 1.21 bits per heavy atom. The molecule has 2 aliphatic rings. The van der Waals surface area contributed by atoms with Gasteiger partial charge in [-0.1, -0.05) is 0 Å². The maximum absolute atomic E-state index is 10.6. The third-order valence-electron chi connectivity index (χ3n) is 3.12. The second-order valence-electron chi connectivity index (χ2n) is 5.77. The number of esters is 3. The molecule has 0 aromatic carbocycles. The van der Waals surface area contributed by atoms with E-state index in [-0.39, 0.29) is 36.0 Å². The van der Waals surface area contributed by atoms with Crippen LogP contribution in [0.25, 0.3) is 0 Å². The molecule has 2 fully saturated rings. The van der Waals surface area contributed by atoms with Crippen molar-refractivity contribution in [3.8, 4) is 0 Å². The minimum atomic E-state index is -0.987. The summed E-state index contributed by atoms with van der Waals surface area (Å²) in [4.78, 5) is 31.7. The van der Waals surface area contributed by atoms with Gasteiger partial charge < -0.3 is 39.4 Å². The number of rotatable bonds is 10. The third-order valence-corrected chi connectivity index (χ3v) is 3.12. The third kappa shape index (κ3) is 20.7. The van der Waals surface area contributed by atoms with Gasteiger partial charge in [0.25, 0.3) is 0 Å². The predicted molar refractivity (Wildman–Crippen MR) is 99.9 cm³/mol. The zero-order valence-electron chi connectivity index (χ0n) is 17.3. The van der Waals surface area contributed by atoms with Gasteiger partial charge in [0.2, 0.25) is 0 Å². The lowest BCUT2D eigenvalue weighted by Crippen LogP contribution is -2.18. The molecule has 29 heavy (non-hydrogen) atoms. The number of hydrogen-bond donors (Lipinski definition) is 2. The van der Waals surface area contributed by atoms with Gasteiger partial charge in [-0.25, -0.2) is 0 Å². The van der Waals surface area contributed by atoms with Crippen molar-refractivity contribution in [1.82, 2.24) is 0 Å². The molecule has 0 amide bonds. The molecule has 2 rings (SSSR count). The van der Waals surface area contributed by atoms with Crippen molar-refractivity contribution in [2.45, 2.75) is 58.3 Å². The summed E-state index contributed by atoms with van der Waals surface area (Å²) >= 11 is 0. The fraction of sp³-hybridized carbons (Fsp3) is 0.833. The summed E-state index contributed by atoms with van der Waals surface area (Å²) in [6, 6.07) is 0. The summed E-state index contributed by atoms with van der Waals surface area (Å²) in [5, 5.41) is 17.0. The van der Waals surface area contributed by atoms with Gasteiger partial charge in [0.1, 0.15) is 0 Å². The van der Waals surface area contributed by atoms with E-state index in [1.165, 1.54) is 0 Å². The van der Waals surface area contributed by atoms with Crippen LogP contribution in [0, 0.1) is 0 Å². The van der Waals surface area contributed by atoms with Crippen molar-refractivity contribution >= 4 is 17.9 Å². The van der Waals surface area contributed by atoms with Crippen LogP contribution in [0.2, 0.25) is 0 Å². The molecule has 0 spiro atoms. The van der Waals surface area contributed by atoms with Gasteiger partial charge in [-0.2, -0.15) is 0 Å². The highest BCUT2D eigenvalue weighted by Gasteiger charge is 2.26. The molecule has 0 bridgehead atoms. The first-order valence-electron chi connectivity index (χ1n) is 9.35. The number of aliphatic hydroxyl groups is 2. The molecule has 2 saturated heterocycles. The minimum Gasteiger partial charge on any atom is -0.466 e. The van der Waals surface area contributed by atoms with E-state index in [0.717, 1.165) is 13.2 Å². The maximum atomic E-state index is 10.6. The lowest BCUT2D eigenvalue weighted by Gasteiger charge is -2.04. The van der Waals surface area contributed by atoms with Gasteiger partial charge in [-0.3, -0.25) is 14.4 Å². The van der Waals surface area contributed by atoms with Gasteiger partial charge in [-0.05, 0) is 20.8 Å². The number of epoxide rings is 2. The number of carbonyl (C=O) groups is 3. The predicted octanol–water partition coefficient (Wildman–Crippen LogP) is -0.855. The van der Waals surface area contributed by atoms with E-state index in [9.17, 15) is 14.4 Å². The van der Waals surface area contributed by atoms with E-state index in [1.54, 1.807) is 20.8 Å². The summed E-state index contributed by atoms with van der Waals surface area (Å²) in [5.41, 5.74) is 0. The molecule has 1 unspecified atom stereocenters. The molecule has 0 saturated carbocycles. The molecule has 0 aromatic heterocycles. The minimum absolute atomic E-state index is 0. The topological polar surface area (TPSA) is 176 Å². The Labute approximate surface area is 170 Å². The Bertz CT molecular complexity index is 419. The average Bonchev–Trinajstić information content (AvgIpc) is 3.54. The highest BCUT2D eigenvalue weighted by molar-refractivity contribution is 5.70. The molecule has 4 N–H and O–H groups in total. The van der Waals surface area contributed by atoms with Crippen LogP contribution in [-0.2, 0) is 38.1 Å². The summed E-state index contributed by atoms with van der Waals surface area (Å²) in [6.45, 7) is 7.55. The first-order valence-corrected chi connectivity index (χ1v) is 9.35. The van der Waals surface area contributed by atoms with Crippen molar-refractivity contribution in [1.29, 1.82) is 0 Å². The van der Waals surface area contributed by atoms with Crippen LogP contribution in [0.1, 0.15) is 40.0 Å². The van der Waals surface area contributed by atoms with Crippen molar-refractivity contribution in [3.63, 3.8) is 0 Å². The van der Waals surface area contributed by atoms with E-state index in [4.69, 9.17) is 19.7 Å². The normalized spacial score (nSPS) is 18.9. The Morgan fingerprint density at radius 3 is 1.48 bits per heavy atom. The molecular weight excluding hydrogens is 392 g/mol. The fourth-order valence-corrected chi connectivity index (χ4v) is 1.66. The Kier molecular flexibility index (Phi) is 18.5. The zero-order valence-corrected chi connectivity index (χ0v) is 17.3. The first-order chi connectivity index (χ1) is 13.4. The zero-order chi connectivity index (χ0) is 21.4. The quantitative estimate of drug-likeness (QED) is 0.254. The average molecular weight is 426 g/mol. The molecule has 172 valence electrons. The highest BCUT2D eigenvalue weighted by Crippen LogP contribution is 2.14. The molecule has 0 aromatic rings. The smallest absolute Gasteiger partial charge is 0.308 e. The number of hydrogen-bond acceptors (Lipinski definition) is 10. The highest BCUT2D eigenvalue weighted by atomic mass is 16.6. The fourth-order valence-electron chi connectivity index (χ4n) is 1.66. The van der Waals surface area contributed by atoms with Crippen LogP contribution in [-0.4, -0.2) is 91.6 Å². The van der Waals surface area contributed by atoms with E-state index in [0.29, 0.717) is 32.7 Å². The Morgan fingerprint density at radius 1 is 0.862 bits per heavy atom. The lowest BCUT2D eigenvalue weighted by molar-refractivity contribution is -0.146. The van der Waals surface area contributed by atoms with Crippen LogP contribution < -0.4 is 0 Å². The Balaban J connectivity index is 0. The molecule has 11 heteroatoms. The van der Waals surface area contributed by atoms with Crippen LogP contribution in [0.15, 0.2) is 0 Å². The second kappa shape index (κ2) is 18.3. The summed E-state index contributed by atoms with van der Waals surface area (Å²) in [5.74, 6) is -0.788. The standard InChI is InChI=1S/C6H12O4.2C6H10O3.H2O/c1-2-10-6(9)3-5(8)4-7;2*1-2-8-6(7)3-5-4-9-5;/h5,7-8H,2-4H2,1H3;2*5H,2-4H2,1H3;1H2/t2*5-;;/m01../s1. The molecule has 0 aliphatic carbocycles. The molecule has 2 aliphatic heterocycles. The molecular formula is C18H34O11. The van der Waals surface area contributed by atoms with E-state index >= 15 is 0 Å². The lowest BCUT2D eigenvalue weighted by atomic mass is 10.3. The van der Waals surface area contributed by atoms with Gasteiger partial charge in [-0.15, -0.1) is 0 Å². The summed E-state index contributed by atoms with van der Waals surface area (Å²) in [7, 11) is 0. The Hall–Kier alpha value is -1.79. The summed E-state index contributed by atoms with van der Waals surface area (Å²) < 4.78 is 23.5. The number of carbonyl (C=O) groups excluding carboxylic acids is 3. The van der Waals surface area contributed by atoms with Crippen LogP contribution in [0.5, 0.6) is 0 Å². The maximum Gasteiger partial charge on any atom is 0.308 e. The van der Waals surface area contributed by atoms with Crippen molar-refractivity contribution in [3.05, 3.63) is 0 Å². The van der Waals surface area contributed by atoms with E-state index < -0.39 is 18.7 Å². The van der Waals surface area contributed by atoms with E-state index in [1.807, 2.05) is 0 Å². The first kappa shape index (κ1) is 29.4. The molecule has 3 atom stereocenters. The second-order valence-corrected chi connectivity index (χ2v) is 5.77. The van der Waals surface area contributed by atoms with Gasteiger partial charge >= 0.3 is 17.9 Å². The van der Waals surface area contributed by atoms with Crippen LogP contribution in [0.3, 0.4) is 0 Å². The van der Waals surface area contributed by atoms with Crippen LogP contribution >= 0.6 is 0 Å². The van der Waals surface area contributed by atoms with Crippen LogP contribution in [0.4, 0.5) is 0 Å². The van der Waals surface area contributed by atoms with Crippen molar-refractivity contribution in [2.75, 3.05) is 39.6 Å². The van der Waals surface area contributed by atoms with Crippen molar-refractivity contribution < 1.29 is 53.8 Å². The molecule has 11 nitrogen and oxygen atoms in total. The van der Waals surface area contributed by atoms with Gasteiger partial charge in [0.15, 0.2) is 0 Å². The largest absolute Gasteiger partial charge is 0.466 e. The van der Waals surface area contributed by atoms with E-state index in [2.05, 4.69) is 14.2 Å². The van der Waals surface area contributed by atoms with Gasteiger partial charge in [0, 0.05) is 0 Å². The monoisotopic (exact) mass is 426 g/mol. The van der Waals surface area contributed by atoms with Crippen molar-refractivity contribution in [2.24, 2.45) is 0 Å². The number of ether oxygens (including phenoxy) is 5.